The fraction of sp³-hybridized carbons (Fsp3) is 0.286. The Morgan fingerprint density at radius 3 is 2.58 bits per heavy atom. The number of para-hydroxylation sites is 1. The molecule has 0 amide bonds. The van der Waals surface area contributed by atoms with Gasteiger partial charge in [-0.1, -0.05) is 18.2 Å². The standard InChI is InChI=1S/C21H22N2O3/c1-12-5-4-6-14-9-16(21(24)23-19(12)14)20-15-11-18(26-3)17(25-2)10-13(15)7-8-22-20/h4-6,9-11,20,22H,7-8H2,1-3H3,(H,23,24)/t20-/m0/s1. The van der Waals surface area contributed by atoms with Crippen molar-refractivity contribution in [3.8, 4) is 11.5 Å². The zero-order valence-corrected chi connectivity index (χ0v) is 15.2. The minimum atomic E-state index is -0.174. The van der Waals surface area contributed by atoms with Crippen molar-refractivity contribution in [1.82, 2.24) is 10.3 Å². The lowest BCUT2D eigenvalue weighted by Gasteiger charge is -2.28. The summed E-state index contributed by atoms with van der Waals surface area (Å²) in [6.45, 7) is 2.81. The Morgan fingerprint density at radius 2 is 1.81 bits per heavy atom. The van der Waals surface area contributed by atoms with E-state index in [4.69, 9.17) is 9.47 Å². The second kappa shape index (κ2) is 6.50. The lowest BCUT2D eigenvalue weighted by Crippen LogP contribution is -2.34. The Bertz CT molecular complexity index is 1040. The molecule has 2 N–H and O–H groups in total. The summed E-state index contributed by atoms with van der Waals surface area (Å²) in [7, 11) is 3.26. The molecule has 3 aromatic rings. The molecule has 1 aromatic heterocycles. The number of pyridine rings is 1. The first-order valence-corrected chi connectivity index (χ1v) is 8.73. The molecule has 0 spiro atoms. The van der Waals surface area contributed by atoms with E-state index in [-0.39, 0.29) is 11.6 Å². The minimum absolute atomic E-state index is 0.0630. The van der Waals surface area contributed by atoms with E-state index in [1.165, 1.54) is 5.56 Å². The molecule has 0 aliphatic carbocycles. The number of nitrogens with one attached hydrogen (secondary N) is 2. The van der Waals surface area contributed by atoms with Crippen molar-refractivity contribution in [3.05, 3.63) is 69.0 Å². The van der Waals surface area contributed by atoms with Crippen molar-refractivity contribution >= 4 is 10.9 Å². The molecule has 0 fully saturated rings. The van der Waals surface area contributed by atoms with Gasteiger partial charge in [-0.25, -0.2) is 0 Å². The highest BCUT2D eigenvalue weighted by Crippen LogP contribution is 2.37. The van der Waals surface area contributed by atoms with Crippen molar-refractivity contribution < 1.29 is 9.47 Å². The van der Waals surface area contributed by atoms with Gasteiger partial charge in [0.2, 0.25) is 0 Å². The van der Waals surface area contributed by atoms with Gasteiger partial charge in [0.05, 0.1) is 25.8 Å². The summed E-state index contributed by atoms with van der Waals surface area (Å²) in [4.78, 5) is 15.9. The molecular weight excluding hydrogens is 328 g/mol. The average Bonchev–Trinajstić information content (AvgIpc) is 2.66. The molecule has 5 heteroatoms. The van der Waals surface area contributed by atoms with Crippen molar-refractivity contribution in [2.24, 2.45) is 0 Å². The van der Waals surface area contributed by atoms with Gasteiger partial charge in [-0.05, 0) is 53.6 Å². The molecule has 2 heterocycles. The lowest BCUT2D eigenvalue weighted by molar-refractivity contribution is 0.353. The fourth-order valence-corrected chi connectivity index (χ4v) is 3.78. The fourth-order valence-electron chi connectivity index (χ4n) is 3.78. The third-order valence-electron chi connectivity index (χ3n) is 5.13. The van der Waals surface area contributed by atoms with Gasteiger partial charge in [-0.2, -0.15) is 0 Å². The number of ether oxygens (including phenoxy) is 2. The highest BCUT2D eigenvalue weighted by atomic mass is 16.5. The molecule has 1 aliphatic rings. The van der Waals surface area contributed by atoms with Crippen LogP contribution in [-0.2, 0) is 6.42 Å². The largest absolute Gasteiger partial charge is 0.493 e. The SMILES string of the molecule is COc1cc2c(cc1OC)[C@@H](c1cc3cccc(C)c3[nH]c1=O)NCC2. The molecule has 0 unspecified atom stereocenters. The first-order valence-electron chi connectivity index (χ1n) is 8.73. The summed E-state index contributed by atoms with van der Waals surface area (Å²) in [5.74, 6) is 1.39. The van der Waals surface area contributed by atoms with Crippen LogP contribution in [0, 0.1) is 6.92 Å². The van der Waals surface area contributed by atoms with Gasteiger partial charge in [-0.15, -0.1) is 0 Å². The van der Waals surface area contributed by atoms with Crippen LogP contribution in [-0.4, -0.2) is 25.7 Å². The molecule has 4 rings (SSSR count). The molecule has 1 atom stereocenters. The number of aromatic amines is 1. The van der Waals surface area contributed by atoms with E-state index in [1.807, 2.05) is 43.3 Å². The number of methoxy groups -OCH3 is 2. The minimum Gasteiger partial charge on any atom is -0.493 e. The maximum Gasteiger partial charge on any atom is 0.253 e. The number of rotatable bonds is 3. The van der Waals surface area contributed by atoms with Crippen molar-refractivity contribution in [2.75, 3.05) is 20.8 Å². The topological polar surface area (TPSA) is 63.4 Å². The van der Waals surface area contributed by atoms with Crippen LogP contribution >= 0.6 is 0 Å². The second-order valence-electron chi connectivity index (χ2n) is 6.64. The van der Waals surface area contributed by atoms with E-state index in [0.29, 0.717) is 5.75 Å². The van der Waals surface area contributed by atoms with Crippen LogP contribution in [0.4, 0.5) is 0 Å². The number of aryl methyl sites for hydroxylation is 1. The van der Waals surface area contributed by atoms with Gasteiger partial charge in [0.15, 0.2) is 11.5 Å². The van der Waals surface area contributed by atoms with Crippen LogP contribution in [0.15, 0.2) is 41.2 Å². The van der Waals surface area contributed by atoms with Crippen LogP contribution in [0.25, 0.3) is 10.9 Å². The molecule has 0 saturated carbocycles. The number of fused-ring (bicyclic) bond motifs is 2. The van der Waals surface area contributed by atoms with Crippen LogP contribution < -0.4 is 20.3 Å². The van der Waals surface area contributed by atoms with Crippen molar-refractivity contribution in [2.45, 2.75) is 19.4 Å². The molecule has 0 saturated heterocycles. The van der Waals surface area contributed by atoms with Gasteiger partial charge in [0.25, 0.3) is 5.56 Å². The molecule has 26 heavy (non-hydrogen) atoms. The van der Waals surface area contributed by atoms with E-state index >= 15 is 0 Å². The Labute approximate surface area is 152 Å². The van der Waals surface area contributed by atoms with E-state index in [2.05, 4.69) is 10.3 Å². The zero-order valence-electron chi connectivity index (χ0n) is 15.2. The number of aromatic nitrogens is 1. The highest BCUT2D eigenvalue weighted by molar-refractivity contribution is 5.82. The first kappa shape index (κ1) is 16.7. The molecule has 1 aliphatic heterocycles. The third kappa shape index (κ3) is 2.65. The predicted molar refractivity (Wildman–Crippen MR) is 102 cm³/mol. The van der Waals surface area contributed by atoms with Crippen LogP contribution in [0.1, 0.15) is 28.3 Å². The van der Waals surface area contributed by atoms with Crippen molar-refractivity contribution in [1.29, 1.82) is 0 Å². The molecule has 134 valence electrons. The summed E-state index contributed by atoms with van der Waals surface area (Å²) in [5.41, 5.74) is 4.85. The third-order valence-corrected chi connectivity index (χ3v) is 5.13. The normalized spacial score (nSPS) is 16.3. The second-order valence-corrected chi connectivity index (χ2v) is 6.64. The van der Waals surface area contributed by atoms with Crippen LogP contribution in [0.2, 0.25) is 0 Å². The Balaban J connectivity index is 1.89. The smallest absolute Gasteiger partial charge is 0.253 e. The maximum atomic E-state index is 12.8. The number of H-pyrrole nitrogens is 1. The van der Waals surface area contributed by atoms with Gasteiger partial charge < -0.3 is 19.8 Å². The molecule has 5 nitrogen and oxygen atoms in total. The summed E-state index contributed by atoms with van der Waals surface area (Å²) in [5, 5.41) is 4.52. The van der Waals surface area contributed by atoms with E-state index in [9.17, 15) is 4.79 Å². The van der Waals surface area contributed by atoms with Crippen molar-refractivity contribution in [3.63, 3.8) is 0 Å². The average molecular weight is 350 g/mol. The van der Waals surface area contributed by atoms with E-state index < -0.39 is 0 Å². The molecule has 2 aromatic carbocycles. The lowest BCUT2D eigenvalue weighted by atomic mass is 9.89. The van der Waals surface area contributed by atoms with E-state index in [0.717, 1.165) is 46.3 Å². The zero-order chi connectivity index (χ0) is 18.3. The number of hydrogen-bond acceptors (Lipinski definition) is 4. The Hall–Kier alpha value is -2.79. The van der Waals surface area contributed by atoms with Gasteiger partial charge in [0, 0.05) is 12.1 Å². The monoisotopic (exact) mass is 350 g/mol. The summed E-state index contributed by atoms with van der Waals surface area (Å²) in [6, 6.07) is 11.9. The van der Waals surface area contributed by atoms with Gasteiger partial charge >= 0.3 is 0 Å². The Kier molecular flexibility index (Phi) is 4.17. The molecule has 0 bridgehead atoms. The quantitative estimate of drug-likeness (QED) is 0.762. The van der Waals surface area contributed by atoms with Crippen LogP contribution in [0.3, 0.4) is 0 Å². The first-order chi connectivity index (χ1) is 12.6. The predicted octanol–water partition coefficient (Wildman–Crippen LogP) is 3.09. The number of benzene rings is 2. The van der Waals surface area contributed by atoms with Gasteiger partial charge in [0.1, 0.15) is 0 Å². The molecule has 0 radical (unpaired) electrons. The summed E-state index contributed by atoms with van der Waals surface area (Å²) >= 11 is 0. The number of hydrogen-bond donors (Lipinski definition) is 2. The van der Waals surface area contributed by atoms with E-state index in [1.54, 1.807) is 14.2 Å². The maximum absolute atomic E-state index is 12.8. The Morgan fingerprint density at radius 1 is 1.04 bits per heavy atom. The molecular formula is C21H22N2O3. The summed E-state index contributed by atoms with van der Waals surface area (Å²) < 4.78 is 10.9. The van der Waals surface area contributed by atoms with Gasteiger partial charge in [-0.3, -0.25) is 4.79 Å². The summed E-state index contributed by atoms with van der Waals surface area (Å²) in [6.07, 6.45) is 0.886. The van der Waals surface area contributed by atoms with Crippen LogP contribution in [0.5, 0.6) is 11.5 Å². The highest BCUT2D eigenvalue weighted by Gasteiger charge is 2.26.